The van der Waals surface area contributed by atoms with E-state index in [1.807, 2.05) is 42.5 Å². The Morgan fingerprint density at radius 1 is 0.682 bits per heavy atom. The third kappa shape index (κ3) is 3.06. The largest absolute Gasteiger partial charge is 0.204 e. The zero-order chi connectivity index (χ0) is 15.7. The molecule has 0 bridgehead atoms. The monoisotopic (exact) mass is 330 g/mol. The Labute approximate surface area is 135 Å². The second-order valence-corrected chi connectivity index (χ2v) is 6.12. The van der Waals surface area contributed by atoms with E-state index in [1.54, 1.807) is 6.07 Å². The van der Waals surface area contributed by atoms with Gasteiger partial charge in [-0.15, -0.1) is 21.9 Å². The van der Waals surface area contributed by atoms with Crippen LogP contribution in [0, 0.1) is 11.6 Å². The maximum Gasteiger partial charge on any atom is 0.159 e. The molecule has 0 spiro atoms. The molecule has 0 fully saturated rings. The van der Waals surface area contributed by atoms with Crippen molar-refractivity contribution in [1.29, 1.82) is 0 Å². The Kier molecular flexibility index (Phi) is 4.28. The first kappa shape index (κ1) is 15.2. The SMILES string of the molecule is Fc1ccc(-c2ccc(-c3ccc(S)cc3)cc2P)cc1F. The molecule has 0 aliphatic rings. The zero-order valence-corrected chi connectivity index (χ0v) is 13.6. The molecule has 0 saturated carbocycles. The summed E-state index contributed by atoms with van der Waals surface area (Å²) >= 11 is 4.28. The average Bonchev–Trinajstić information content (AvgIpc) is 2.51. The van der Waals surface area contributed by atoms with Gasteiger partial charge in [0.05, 0.1) is 0 Å². The highest BCUT2D eigenvalue weighted by atomic mass is 32.1. The smallest absolute Gasteiger partial charge is 0.159 e. The molecule has 0 aliphatic heterocycles. The normalized spacial score (nSPS) is 10.7. The molecule has 0 amide bonds. The lowest BCUT2D eigenvalue weighted by Gasteiger charge is -2.10. The Morgan fingerprint density at radius 2 is 1.32 bits per heavy atom. The van der Waals surface area contributed by atoms with Crippen LogP contribution in [0.2, 0.25) is 0 Å². The van der Waals surface area contributed by atoms with Gasteiger partial charge in [0.2, 0.25) is 0 Å². The van der Waals surface area contributed by atoms with E-state index in [4.69, 9.17) is 0 Å². The maximum absolute atomic E-state index is 13.4. The van der Waals surface area contributed by atoms with Crippen molar-refractivity contribution in [2.45, 2.75) is 4.90 Å². The lowest BCUT2D eigenvalue weighted by atomic mass is 10.00. The van der Waals surface area contributed by atoms with Gasteiger partial charge in [0, 0.05) is 4.90 Å². The minimum absolute atomic E-state index is 0.654. The second-order valence-electron chi connectivity index (χ2n) is 4.98. The molecule has 0 aromatic heterocycles. The fourth-order valence-corrected chi connectivity index (χ4v) is 2.91. The first-order valence-corrected chi connectivity index (χ1v) is 7.71. The Balaban J connectivity index is 2.01. The first-order valence-electron chi connectivity index (χ1n) is 6.69. The molecule has 1 atom stereocenters. The standard InChI is InChI=1S/C18H13F2PS/c19-16-8-4-13(9-17(16)20)15-7-3-12(10-18(15)21)11-1-5-14(22)6-2-11/h1-10,22H,21H2. The van der Waals surface area contributed by atoms with Gasteiger partial charge < -0.3 is 0 Å². The topological polar surface area (TPSA) is 0 Å². The van der Waals surface area contributed by atoms with Crippen LogP contribution in [-0.4, -0.2) is 0 Å². The van der Waals surface area contributed by atoms with Crippen LogP contribution < -0.4 is 5.30 Å². The predicted molar refractivity (Wildman–Crippen MR) is 93.8 cm³/mol. The van der Waals surface area contributed by atoms with E-state index >= 15 is 0 Å². The fourth-order valence-electron chi connectivity index (χ4n) is 2.32. The van der Waals surface area contributed by atoms with Crippen LogP contribution in [0.3, 0.4) is 0 Å². The molecular weight excluding hydrogens is 317 g/mol. The van der Waals surface area contributed by atoms with Crippen molar-refractivity contribution in [3.05, 3.63) is 72.3 Å². The Morgan fingerprint density at radius 3 is 1.95 bits per heavy atom. The maximum atomic E-state index is 13.4. The summed E-state index contributed by atoms with van der Waals surface area (Å²) in [4.78, 5) is 0.910. The van der Waals surface area contributed by atoms with Crippen molar-refractivity contribution in [2.24, 2.45) is 0 Å². The van der Waals surface area contributed by atoms with Gasteiger partial charge in [-0.3, -0.25) is 0 Å². The minimum Gasteiger partial charge on any atom is -0.204 e. The van der Waals surface area contributed by atoms with Gasteiger partial charge in [0.1, 0.15) is 0 Å². The number of benzene rings is 3. The quantitative estimate of drug-likeness (QED) is 0.491. The highest BCUT2D eigenvalue weighted by Crippen LogP contribution is 2.26. The number of rotatable bonds is 2. The highest BCUT2D eigenvalue weighted by Gasteiger charge is 2.08. The van der Waals surface area contributed by atoms with Gasteiger partial charge in [0.15, 0.2) is 11.6 Å². The molecule has 0 radical (unpaired) electrons. The predicted octanol–water partition coefficient (Wildman–Crippen LogP) is 5.09. The summed E-state index contributed by atoms with van der Waals surface area (Å²) in [7, 11) is 2.65. The molecule has 0 N–H and O–H groups in total. The number of hydrogen-bond donors (Lipinski definition) is 1. The van der Waals surface area contributed by atoms with Gasteiger partial charge >= 0.3 is 0 Å². The third-order valence-electron chi connectivity index (χ3n) is 3.48. The summed E-state index contributed by atoms with van der Waals surface area (Å²) in [6, 6.07) is 17.7. The van der Waals surface area contributed by atoms with Crippen molar-refractivity contribution >= 4 is 27.2 Å². The Hall–Kier alpha value is -1.70. The molecule has 3 aromatic carbocycles. The molecule has 22 heavy (non-hydrogen) atoms. The molecule has 0 heterocycles. The molecule has 4 heteroatoms. The van der Waals surface area contributed by atoms with Crippen LogP contribution >= 0.6 is 21.9 Å². The van der Waals surface area contributed by atoms with Crippen molar-refractivity contribution in [3.8, 4) is 22.3 Å². The second kappa shape index (κ2) is 6.20. The van der Waals surface area contributed by atoms with Crippen LogP contribution in [0.1, 0.15) is 0 Å². The van der Waals surface area contributed by atoms with E-state index in [0.717, 1.165) is 33.0 Å². The molecule has 1 unspecified atom stereocenters. The van der Waals surface area contributed by atoms with Crippen LogP contribution in [0.5, 0.6) is 0 Å². The zero-order valence-electron chi connectivity index (χ0n) is 11.6. The molecule has 0 nitrogen and oxygen atoms in total. The molecule has 3 aromatic rings. The molecule has 110 valence electrons. The summed E-state index contributed by atoms with van der Waals surface area (Å²) in [5.41, 5.74) is 3.66. The van der Waals surface area contributed by atoms with Crippen LogP contribution in [0.25, 0.3) is 22.3 Å². The molecule has 0 aliphatic carbocycles. The van der Waals surface area contributed by atoms with E-state index in [0.29, 0.717) is 5.56 Å². The number of hydrogen-bond acceptors (Lipinski definition) is 1. The lowest BCUT2D eigenvalue weighted by Crippen LogP contribution is -1.98. The van der Waals surface area contributed by atoms with Gasteiger partial charge in [-0.05, 0) is 57.9 Å². The van der Waals surface area contributed by atoms with E-state index < -0.39 is 11.6 Å². The van der Waals surface area contributed by atoms with E-state index in [9.17, 15) is 8.78 Å². The number of thiol groups is 1. The highest BCUT2D eigenvalue weighted by molar-refractivity contribution is 7.80. The average molecular weight is 330 g/mol. The number of halogens is 2. The lowest BCUT2D eigenvalue weighted by molar-refractivity contribution is 0.509. The summed E-state index contributed by atoms with van der Waals surface area (Å²) in [5.74, 6) is -1.67. The van der Waals surface area contributed by atoms with Crippen molar-refractivity contribution < 1.29 is 8.78 Å². The van der Waals surface area contributed by atoms with Crippen LogP contribution in [-0.2, 0) is 0 Å². The van der Waals surface area contributed by atoms with Gasteiger partial charge in [-0.2, -0.15) is 0 Å². The first-order chi connectivity index (χ1) is 10.5. The third-order valence-corrected chi connectivity index (χ3v) is 4.26. The van der Waals surface area contributed by atoms with E-state index in [1.165, 1.54) is 6.07 Å². The van der Waals surface area contributed by atoms with Gasteiger partial charge in [0.25, 0.3) is 0 Å². The van der Waals surface area contributed by atoms with Gasteiger partial charge in [-0.1, -0.05) is 30.3 Å². The van der Waals surface area contributed by atoms with Crippen molar-refractivity contribution in [2.75, 3.05) is 0 Å². The Bertz CT molecular complexity index is 829. The molecule has 0 saturated heterocycles. The van der Waals surface area contributed by atoms with Crippen molar-refractivity contribution in [3.63, 3.8) is 0 Å². The summed E-state index contributed by atoms with van der Waals surface area (Å²) in [5, 5.41) is 0.929. The van der Waals surface area contributed by atoms with E-state index in [-0.39, 0.29) is 0 Å². The van der Waals surface area contributed by atoms with Crippen LogP contribution in [0.4, 0.5) is 8.78 Å². The van der Waals surface area contributed by atoms with Crippen molar-refractivity contribution in [1.82, 2.24) is 0 Å². The van der Waals surface area contributed by atoms with E-state index in [2.05, 4.69) is 21.9 Å². The van der Waals surface area contributed by atoms with Crippen LogP contribution in [0.15, 0.2) is 65.6 Å². The summed E-state index contributed by atoms with van der Waals surface area (Å²) in [6.07, 6.45) is 0. The molecule has 3 rings (SSSR count). The fraction of sp³-hybridized carbons (Fsp3) is 0. The molecular formula is C18H13F2PS. The minimum atomic E-state index is -0.838. The summed E-state index contributed by atoms with van der Waals surface area (Å²) in [6.45, 7) is 0. The summed E-state index contributed by atoms with van der Waals surface area (Å²) < 4.78 is 26.4. The van der Waals surface area contributed by atoms with Gasteiger partial charge in [-0.25, -0.2) is 8.78 Å².